The second-order valence-corrected chi connectivity index (χ2v) is 7.49. The Morgan fingerprint density at radius 1 is 1.08 bits per heavy atom. The first-order valence-corrected chi connectivity index (χ1v) is 9.19. The molecule has 1 aromatic heterocycles. The smallest absolute Gasteiger partial charge is 0.136 e. The van der Waals surface area contributed by atoms with Crippen LogP contribution in [-0.4, -0.2) is 15.1 Å². The van der Waals surface area contributed by atoms with Crippen LogP contribution in [0.15, 0.2) is 58.5 Å². The van der Waals surface area contributed by atoms with E-state index >= 15 is 0 Å². The van der Waals surface area contributed by atoms with Gasteiger partial charge in [-0.15, -0.1) is 0 Å². The first kappa shape index (κ1) is 18.6. The number of nitrogens with one attached hydrogen (secondary N) is 1. The molecule has 1 heterocycles. The van der Waals surface area contributed by atoms with Gasteiger partial charge >= 0.3 is 0 Å². The zero-order valence-electron chi connectivity index (χ0n) is 14.5. The lowest BCUT2D eigenvalue weighted by molar-refractivity contribution is 0.169. The van der Waals surface area contributed by atoms with Crippen LogP contribution in [0, 0.1) is 11.6 Å². The van der Waals surface area contributed by atoms with Crippen molar-refractivity contribution < 1.29 is 13.9 Å². The summed E-state index contributed by atoms with van der Waals surface area (Å²) in [5, 5.41) is 11.2. The number of rotatable bonds is 6. The summed E-state index contributed by atoms with van der Waals surface area (Å²) in [6.07, 6.45) is -0.349. The fourth-order valence-electron chi connectivity index (χ4n) is 2.66. The van der Waals surface area contributed by atoms with Gasteiger partial charge in [-0.3, -0.25) is 0 Å². The maximum Gasteiger partial charge on any atom is 0.136 e. The largest absolute Gasteiger partial charge is 0.385 e. The number of aliphatic hydroxyl groups excluding tert-OH is 1. The van der Waals surface area contributed by atoms with Gasteiger partial charge in [0.15, 0.2) is 0 Å². The second kappa shape index (κ2) is 8.01. The van der Waals surface area contributed by atoms with Crippen LogP contribution in [0.3, 0.4) is 0 Å². The van der Waals surface area contributed by atoms with Gasteiger partial charge in [0.25, 0.3) is 0 Å². The third kappa shape index (κ3) is 4.51. The summed E-state index contributed by atoms with van der Waals surface area (Å²) in [5.74, 6) is -0.688. The minimum atomic E-state index is -0.784. The third-order valence-corrected chi connectivity index (χ3v) is 4.89. The van der Waals surface area contributed by atoms with E-state index in [1.807, 2.05) is 44.2 Å². The number of halogens is 2. The molecule has 2 N–H and O–H groups in total. The van der Waals surface area contributed by atoms with Crippen LogP contribution >= 0.6 is 11.8 Å². The number of aromatic amines is 1. The summed E-state index contributed by atoms with van der Waals surface area (Å²) in [6, 6.07) is 13.0. The normalized spacial score (nSPS) is 12.5. The summed E-state index contributed by atoms with van der Waals surface area (Å²) in [7, 11) is 0. The number of aliphatic hydroxyl groups is 1. The highest BCUT2D eigenvalue weighted by Crippen LogP contribution is 2.34. The minimum absolute atomic E-state index is 0.102. The zero-order chi connectivity index (χ0) is 18.7. The van der Waals surface area contributed by atoms with Crippen LogP contribution in [0.1, 0.15) is 43.0 Å². The van der Waals surface area contributed by atoms with Crippen molar-refractivity contribution in [1.82, 2.24) is 9.97 Å². The number of H-pyrrole nitrogens is 1. The molecule has 0 spiro atoms. The van der Waals surface area contributed by atoms with E-state index in [1.165, 1.54) is 23.9 Å². The molecule has 0 saturated heterocycles. The first-order valence-electron chi connectivity index (χ1n) is 8.38. The highest BCUT2D eigenvalue weighted by atomic mass is 32.2. The molecule has 3 nitrogen and oxygen atoms in total. The van der Waals surface area contributed by atoms with E-state index in [0.717, 1.165) is 17.3 Å². The number of aromatic nitrogens is 2. The quantitative estimate of drug-likeness (QED) is 0.620. The van der Waals surface area contributed by atoms with Gasteiger partial charge in [0.05, 0.1) is 5.69 Å². The molecule has 0 bridgehead atoms. The molecular formula is C20H20F2N2OS. The van der Waals surface area contributed by atoms with Gasteiger partial charge in [-0.25, -0.2) is 13.8 Å². The predicted octanol–water partition coefficient (Wildman–Crippen LogP) is 5.24. The van der Waals surface area contributed by atoms with Gasteiger partial charge in [-0.05, 0) is 23.6 Å². The second-order valence-electron chi connectivity index (χ2n) is 6.40. The van der Waals surface area contributed by atoms with Crippen molar-refractivity contribution in [3.63, 3.8) is 0 Å². The van der Waals surface area contributed by atoms with Crippen LogP contribution in [0.25, 0.3) is 0 Å². The van der Waals surface area contributed by atoms with E-state index in [9.17, 15) is 13.9 Å². The van der Waals surface area contributed by atoms with Crippen LogP contribution in [0.4, 0.5) is 8.78 Å². The Kier molecular flexibility index (Phi) is 5.74. The lowest BCUT2D eigenvalue weighted by Crippen LogP contribution is -2.04. The summed E-state index contributed by atoms with van der Waals surface area (Å²) >= 11 is 1.21. The first-order chi connectivity index (χ1) is 12.4. The fourth-order valence-corrected chi connectivity index (χ4v) is 3.78. The van der Waals surface area contributed by atoms with Gasteiger partial charge in [0.2, 0.25) is 0 Å². The number of hydrogen-bond donors (Lipinski definition) is 2. The molecule has 26 heavy (non-hydrogen) atoms. The lowest BCUT2D eigenvalue weighted by atomic mass is 10.1. The molecule has 3 aromatic rings. The summed E-state index contributed by atoms with van der Waals surface area (Å²) in [6.45, 7) is 3.97. The molecule has 0 radical (unpaired) electrons. The number of nitrogens with zero attached hydrogens (tertiary/aromatic N) is 1. The SMILES string of the molecule is CC(C)c1nc(C(O)Cc2ccccc2)[nH]c1Sc1cc(F)cc(F)c1. The molecule has 0 saturated carbocycles. The van der Waals surface area contributed by atoms with Crippen LogP contribution in [0.2, 0.25) is 0 Å². The molecule has 3 rings (SSSR count). The van der Waals surface area contributed by atoms with Crippen molar-refractivity contribution in [1.29, 1.82) is 0 Å². The average Bonchev–Trinajstić information content (AvgIpc) is 2.99. The molecule has 0 aliphatic rings. The third-order valence-electron chi connectivity index (χ3n) is 3.91. The van der Waals surface area contributed by atoms with Crippen molar-refractivity contribution in [3.05, 3.63) is 77.2 Å². The molecule has 1 atom stereocenters. The van der Waals surface area contributed by atoms with Gasteiger partial charge in [0, 0.05) is 17.4 Å². The van der Waals surface area contributed by atoms with E-state index in [-0.39, 0.29) is 5.92 Å². The summed E-state index contributed by atoms with van der Waals surface area (Å²) in [4.78, 5) is 8.10. The Morgan fingerprint density at radius 3 is 2.35 bits per heavy atom. The molecular weight excluding hydrogens is 354 g/mol. The fraction of sp³-hybridized carbons (Fsp3) is 0.250. The molecule has 0 aliphatic heterocycles. The highest BCUT2D eigenvalue weighted by Gasteiger charge is 2.20. The predicted molar refractivity (Wildman–Crippen MR) is 98.3 cm³/mol. The van der Waals surface area contributed by atoms with Crippen LogP contribution in [0.5, 0.6) is 0 Å². The Hall–Kier alpha value is -2.18. The van der Waals surface area contributed by atoms with Crippen LogP contribution < -0.4 is 0 Å². The van der Waals surface area contributed by atoms with E-state index < -0.39 is 17.7 Å². The lowest BCUT2D eigenvalue weighted by Gasteiger charge is -2.07. The molecule has 1 unspecified atom stereocenters. The molecule has 0 fully saturated rings. The standard InChI is InChI=1S/C20H20F2N2OS/c1-12(2)18-20(26-16-10-14(21)9-15(22)11-16)24-19(23-18)17(25)8-13-6-4-3-5-7-13/h3-7,9-12,17,25H,8H2,1-2H3,(H,23,24). The average molecular weight is 374 g/mol. The molecule has 136 valence electrons. The molecule has 0 amide bonds. The molecule has 2 aromatic carbocycles. The van der Waals surface area contributed by atoms with E-state index in [4.69, 9.17) is 0 Å². The van der Waals surface area contributed by atoms with E-state index in [0.29, 0.717) is 22.2 Å². The Labute approximate surface area is 155 Å². The van der Waals surface area contributed by atoms with Crippen molar-refractivity contribution in [2.24, 2.45) is 0 Å². The van der Waals surface area contributed by atoms with E-state index in [2.05, 4.69) is 9.97 Å². The van der Waals surface area contributed by atoms with Crippen molar-refractivity contribution in [2.45, 2.75) is 42.2 Å². The monoisotopic (exact) mass is 374 g/mol. The highest BCUT2D eigenvalue weighted by molar-refractivity contribution is 7.99. The summed E-state index contributed by atoms with van der Waals surface area (Å²) < 4.78 is 26.9. The number of benzene rings is 2. The summed E-state index contributed by atoms with van der Waals surface area (Å²) in [5.41, 5.74) is 1.77. The van der Waals surface area contributed by atoms with Crippen molar-refractivity contribution in [2.75, 3.05) is 0 Å². The molecule has 6 heteroatoms. The van der Waals surface area contributed by atoms with Gasteiger partial charge in [-0.2, -0.15) is 0 Å². The van der Waals surface area contributed by atoms with Gasteiger partial charge in [0.1, 0.15) is 28.6 Å². The molecule has 0 aliphatic carbocycles. The number of hydrogen-bond acceptors (Lipinski definition) is 3. The Morgan fingerprint density at radius 2 is 1.73 bits per heavy atom. The van der Waals surface area contributed by atoms with Gasteiger partial charge in [-0.1, -0.05) is 55.9 Å². The maximum atomic E-state index is 13.4. The maximum absolute atomic E-state index is 13.4. The van der Waals surface area contributed by atoms with Crippen molar-refractivity contribution in [3.8, 4) is 0 Å². The van der Waals surface area contributed by atoms with Crippen LogP contribution in [-0.2, 0) is 6.42 Å². The zero-order valence-corrected chi connectivity index (χ0v) is 15.4. The number of imidazole rings is 1. The van der Waals surface area contributed by atoms with E-state index in [1.54, 1.807) is 0 Å². The van der Waals surface area contributed by atoms with Gasteiger partial charge < -0.3 is 10.1 Å². The Bertz CT molecular complexity index is 861. The van der Waals surface area contributed by atoms with Crippen molar-refractivity contribution >= 4 is 11.8 Å². The minimum Gasteiger partial charge on any atom is -0.385 e. The topological polar surface area (TPSA) is 48.9 Å². The Balaban J connectivity index is 1.86.